The summed E-state index contributed by atoms with van der Waals surface area (Å²) >= 11 is 14.4. The van der Waals surface area contributed by atoms with Crippen molar-refractivity contribution in [3.05, 3.63) is 116 Å². The first-order valence-corrected chi connectivity index (χ1v) is 19.2. The number of anilines is 1. The molecule has 1 aromatic heterocycles. The summed E-state index contributed by atoms with van der Waals surface area (Å²) in [5.41, 5.74) is 5.00. The molecule has 0 saturated carbocycles. The highest BCUT2D eigenvalue weighted by Gasteiger charge is 2.42. The van der Waals surface area contributed by atoms with Crippen molar-refractivity contribution in [2.75, 3.05) is 44.2 Å². The number of ether oxygens (including phenoxy) is 1. The van der Waals surface area contributed by atoms with E-state index < -0.39 is 17.4 Å². The van der Waals surface area contributed by atoms with Crippen molar-refractivity contribution in [2.45, 2.75) is 45.2 Å². The lowest BCUT2D eigenvalue weighted by molar-refractivity contribution is -0.139. The number of aliphatic imine (C=N–C) groups is 1. The van der Waals surface area contributed by atoms with Gasteiger partial charge in [-0.25, -0.2) is 14.6 Å². The van der Waals surface area contributed by atoms with Gasteiger partial charge in [0.1, 0.15) is 11.8 Å². The number of piperazine rings is 1. The summed E-state index contributed by atoms with van der Waals surface area (Å²) in [6.45, 7) is 10.2. The first kappa shape index (κ1) is 36.8. The molecule has 0 spiro atoms. The lowest BCUT2D eigenvalue weighted by Gasteiger charge is -2.38. The number of aromatic nitrogens is 1. The molecule has 2 atom stereocenters. The number of benzene rings is 3. The van der Waals surface area contributed by atoms with E-state index in [0.717, 1.165) is 22.4 Å². The average molecular weight is 772 g/mol. The van der Waals surface area contributed by atoms with Gasteiger partial charge in [0.2, 0.25) is 0 Å². The van der Waals surface area contributed by atoms with Crippen LogP contribution in [-0.2, 0) is 19.7 Å². The number of nitrogens with one attached hydrogen (secondary N) is 1. The molecule has 2 saturated heterocycles. The predicted octanol–water partition coefficient (Wildman–Crippen LogP) is 7.52. The van der Waals surface area contributed by atoms with Crippen molar-refractivity contribution in [2.24, 2.45) is 4.99 Å². The van der Waals surface area contributed by atoms with E-state index in [1.165, 1.54) is 11.3 Å². The zero-order chi connectivity index (χ0) is 37.4. The molecule has 10 nitrogen and oxygen atoms in total. The SMILES string of the molecule is CCOC(=O)C1=C(CN2CCN3C(=O)N(c4ccc(-c5ccc(C(C)(C)C(C)=O)cc5)cc4)C[C@@H]3C2)NC(c2nccs2)=N[C@H]1c1ccc(Cl)cc1Cl. The number of hydrogen-bond acceptors (Lipinski definition) is 9. The number of esters is 1. The Kier molecular flexibility index (Phi) is 10.5. The Balaban J connectivity index is 1.10. The number of carbonyl (C=O) groups excluding carboxylic acids is 3. The van der Waals surface area contributed by atoms with Crippen LogP contribution in [-0.4, -0.2) is 83.8 Å². The van der Waals surface area contributed by atoms with Crippen LogP contribution in [0.2, 0.25) is 10.0 Å². The summed E-state index contributed by atoms with van der Waals surface area (Å²) < 4.78 is 5.57. The molecule has 13 heteroatoms. The summed E-state index contributed by atoms with van der Waals surface area (Å²) in [5, 5.41) is 6.85. The fourth-order valence-electron chi connectivity index (χ4n) is 7.04. The third-order valence-electron chi connectivity index (χ3n) is 10.3. The molecule has 4 heterocycles. The van der Waals surface area contributed by atoms with Gasteiger partial charge in [0.15, 0.2) is 10.8 Å². The summed E-state index contributed by atoms with van der Waals surface area (Å²) in [6, 6.07) is 20.5. The van der Waals surface area contributed by atoms with Crippen LogP contribution in [0.25, 0.3) is 11.1 Å². The van der Waals surface area contributed by atoms with Crippen LogP contribution in [0.1, 0.15) is 49.9 Å². The molecule has 0 radical (unpaired) electrons. The first-order valence-electron chi connectivity index (χ1n) is 17.6. The quantitative estimate of drug-likeness (QED) is 0.166. The van der Waals surface area contributed by atoms with E-state index in [9.17, 15) is 14.4 Å². The summed E-state index contributed by atoms with van der Waals surface area (Å²) in [5.74, 6) is 0.184. The number of thiazole rings is 1. The number of Topliss-reactive ketones (excluding diaryl/α,β-unsaturated/α-hetero) is 1. The Morgan fingerprint density at radius 2 is 1.72 bits per heavy atom. The molecule has 3 aliphatic heterocycles. The van der Waals surface area contributed by atoms with Crippen LogP contribution in [0.3, 0.4) is 0 Å². The molecule has 7 rings (SSSR count). The van der Waals surface area contributed by atoms with Crippen molar-refractivity contribution in [1.29, 1.82) is 0 Å². The second-order valence-electron chi connectivity index (χ2n) is 13.9. The lowest BCUT2D eigenvalue weighted by atomic mass is 9.81. The zero-order valence-corrected chi connectivity index (χ0v) is 32.3. The van der Waals surface area contributed by atoms with Gasteiger partial charge in [-0.15, -0.1) is 11.3 Å². The minimum absolute atomic E-state index is 0.0175. The van der Waals surface area contributed by atoms with E-state index >= 15 is 0 Å². The van der Waals surface area contributed by atoms with Crippen LogP contribution >= 0.6 is 34.5 Å². The number of nitrogens with zero attached hydrogens (tertiary/aromatic N) is 5. The van der Waals surface area contributed by atoms with Crippen molar-refractivity contribution in [3.8, 4) is 11.1 Å². The van der Waals surface area contributed by atoms with Gasteiger partial charge in [0.25, 0.3) is 0 Å². The average Bonchev–Trinajstić information content (AvgIpc) is 3.80. The Morgan fingerprint density at radius 3 is 2.36 bits per heavy atom. The van der Waals surface area contributed by atoms with Crippen LogP contribution in [0.15, 0.2) is 94.6 Å². The third kappa shape index (κ3) is 7.35. The van der Waals surface area contributed by atoms with Crippen molar-refractivity contribution in [3.63, 3.8) is 0 Å². The number of ketones is 1. The van der Waals surface area contributed by atoms with Gasteiger partial charge in [-0.05, 0) is 68.7 Å². The normalized spacial score (nSPS) is 19.2. The Bertz CT molecular complexity index is 2100. The number of halogens is 2. The predicted molar refractivity (Wildman–Crippen MR) is 210 cm³/mol. The van der Waals surface area contributed by atoms with Gasteiger partial charge < -0.3 is 15.0 Å². The molecule has 3 aromatic carbocycles. The van der Waals surface area contributed by atoms with Crippen molar-refractivity contribution in [1.82, 2.24) is 20.1 Å². The third-order valence-corrected chi connectivity index (χ3v) is 11.7. The molecule has 2 amide bonds. The molecule has 2 fully saturated rings. The van der Waals surface area contributed by atoms with Gasteiger partial charge in [0, 0.05) is 76.7 Å². The fraction of sp³-hybridized carbons (Fsp3) is 0.325. The van der Waals surface area contributed by atoms with Crippen LogP contribution in [0.5, 0.6) is 0 Å². The molecule has 1 N–H and O–H groups in total. The second kappa shape index (κ2) is 15.1. The second-order valence-corrected chi connectivity index (χ2v) is 15.6. The maximum Gasteiger partial charge on any atom is 0.338 e. The number of hydrogen-bond donors (Lipinski definition) is 1. The molecular formula is C40H40Cl2N6O4S. The minimum atomic E-state index is -0.743. The monoisotopic (exact) mass is 770 g/mol. The number of amides is 2. The smallest absolute Gasteiger partial charge is 0.338 e. The minimum Gasteiger partial charge on any atom is -0.463 e. The van der Waals surface area contributed by atoms with Gasteiger partial charge in [-0.3, -0.25) is 19.6 Å². The molecule has 0 unspecified atom stereocenters. The van der Waals surface area contributed by atoms with E-state index in [-0.39, 0.29) is 24.5 Å². The Labute approximate surface area is 323 Å². The Hall–Kier alpha value is -4.55. The van der Waals surface area contributed by atoms with E-state index in [0.29, 0.717) is 70.4 Å². The number of carbonyl (C=O) groups is 3. The summed E-state index contributed by atoms with van der Waals surface area (Å²) in [4.78, 5) is 54.9. The van der Waals surface area contributed by atoms with Crippen molar-refractivity contribution >= 4 is 63.8 Å². The lowest BCUT2D eigenvalue weighted by Crippen LogP contribution is -2.53. The van der Waals surface area contributed by atoms with Crippen LogP contribution in [0.4, 0.5) is 10.5 Å². The van der Waals surface area contributed by atoms with Gasteiger partial charge in [-0.1, -0.05) is 65.7 Å². The Morgan fingerprint density at radius 1 is 1.00 bits per heavy atom. The van der Waals surface area contributed by atoms with E-state index in [4.69, 9.17) is 32.9 Å². The number of amidine groups is 1. The highest BCUT2D eigenvalue weighted by molar-refractivity contribution is 7.11. The molecule has 53 heavy (non-hydrogen) atoms. The highest BCUT2D eigenvalue weighted by Crippen LogP contribution is 2.38. The molecule has 0 aliphatic carbocycles. The maximum atomic E-state index is 13.7. The molecule has 4 aromatic rings. The summed E-state index contributed by atoms with van der Waals surface area (Å²) in [7, 11) is 0. The zero-order valence-electron chi connectivity index (χ0n) is 29.9. The van der Waals surface area contributed by atoms with E-state index in [1.807, 2.05) is 77.6 Å². The van der Waals surface area contributed by atoms with Gasteiger partial charge >= 0.3 is 12.0 Å². The maximum absolute atomic E-state index is 13.7. The van der Waals surface area contributed by atoms with Gasteiger partial charge in [-0.2, -0.15) is 0 Å². The molecule has 3 aliphatic rings. The standard InChI is InChI=1S/C40H40Cl2N6O4S/c1-5-52-38(50)34-33(44-36(37-43-16-19-53-37)45-35(34)31-15-12-28(41)20-32(31)42)23-46-17-18-47-30(21-46)22-48(39(47)51)29-13-8-26(9-14-29)25-6-10-27(11-7-25)40(3,4)24(2)49/h6-16,19-20,30,35H,5,17-18,21-23H2,1-4H3,(H,44,45)/t30-,35-/m0/s1. The molecule has 274 valence electrons. The number of rotatable bonds is 10. The number of fused-ring (bicyclic) bond motifs is 1. The first-order chi connectivity index (χ1) is 25.4. The van der Waals surface area contributed by atoms with E-state index in [2.05, 4.69) is 15.2 Å². The number of urea groups is 1. The molecule has 0 bridgehead atoms. The fourth-order valence-corrected chi connectivity index (χ4v) is 8.14. The molecular weight excluding hydrogens is 731 g/mol. The largest absolute Gasteiger partial charge is 0.463 e. The topological polar surface area (TPSA) is 107 Å². The van der Waals surface area contributed by atoms with Crippen LogP contribution in [0, 0.1) is 0 Å². The summed E-state index contributed by atoms with van der Waals surface area (Å²) in [6.07, 6.45) is 1.71. The van der Waals surface area contributed by atoms with Gasteiger partial charge in [0.05, 0.1) is 18.2 Å². The van der Waals surface area contributed by atoms with E-state index in [1.54, 1.807) is 38.2 Å². The van der Waals surface area contributed by atoms with Crippen molar-refractivity contribution < 1.29 is 19.1 Å². The van der Waals surface area contributed by atoms with Crippen LogP contribution < -0.4 is 10.2 Å². The highest BCUT2D eigenvalue weighted by atomic mass is 35.5.